The van der Waals surface area contributed by atoms with E-state index in [9.17, 15) is 29.0 Å². The third kappa shape index (κ3) is 3.42. The molecule has 2 fully saturated rings. The number of hydrogen-bond acceptors (Lipinski definition) is 7. The van der Waals surface area contributed by atoms with Crippen LogP contribution in [0.4, 0.5) is 0 Å². The highest BCUT2D eigenvalue weighted by atomic mass is 32.2. The van der Waals surface area contributed by atoms with Crippen molar-refractivity contribution in [3.8, 4) is 18.2 Å². The van der Waals surface area contributed by atoms with E-state index in [4.69, 9.17) is 0 Å². The summed E-state index contributed by atoms with van der Waals surface area (Å²) in [4.78, 5) is 13.4. The first-order valence-corrected chi connectivity index (χ1v) is 13.1. The molecule has 2 saturated heterocycles. The van der Waals surface area contributed by atoms with Crippen molar-refractivity contribution in [2.24, 2.45) is 0 Å². The van der Waals surface area contributed by atoms with Gasteiger partial charge in [0.2, 0.25) is 20.5 Å². The van der Waals surface area contributed by atoms with Gasteiger partial charge in [-0.3, -0.25) is 9.80 Å². The molecular formula is C28H21N5O3S. The number of carbonyl (C=O) groups excluding carboxylic acids is 1. The normalized spacial score (nSPS) is 25.2. The number of sulfone groups is 1. The molecule has 2 aliphatic rings. The van der Waals surface area contributed by atoms with Crippen molar-refractivity contribution >= 4 is 15.7 Å². The molecule has 0 saturated carbocycles. The van der Waals surface area contributed by atoms with E-state index in [-0.39, 0.29) is 23.3 Å². The Balaban J connectivity index is 1.86. The number of benzene rings is 3. The highest BCUT2D eigenvalue weighted by Gasteiger charge is 2.71. The summed E-state index contributed by atoms with van der Waals surface area (Å²) in [7, 11) is -4.39. The summed E-state index contributed by atoms with van der Waals surface area (Å²) in [6, 6.07) is 24.2. The Bertz CT molecular complexity index is 1600. The molecular weight excluding hydrogens is 486 g/mol. The van der Waals surface area contributed by atoms with Crippen LogP contribution in [-0.4, -0.2) is 35.1 Å². The molecule has 0 bridgehead atoms. The number of rotatable bonds is 4. The Hall–Kier alpha value is -4.49. The summed E-state index contributed by atoms with van der Waals surface area (Å²) in [5, 5.41) is 32.6. The van der Waals surface area contributed by atoms with E-state index in [0.29, 0.717) is 22.3 Å². The third-order valence-corrected chi connectivity index (χ3v) is 9.45. The first-order valence-electron chi connectivity index (χ1n) is 11.6. The summed E-state index contributed by atoms with van der Waals surface area (Å²) >= 11 is 0. The van der Waals surface area contributed by atoms with Crippen molar-refractivity contribution in [3.63, 3.8) is 0 Å². The molecule has 0 aliphatic carbocycles. The zero-order valence-electron chi connectivity index (χ0n) is 19.8. The molecule has 182 valence electrons. The fraction of sp³-hybridized carbons (Fsp3) is 0.214. The van der Waals surface area contributed by atoms with Gasteiger partial charge in [0.15, 0.2) is 0 Å². The Morgan fingerprint density at radius 1 is 0.811 bits per heavy atom. The van der Waals surface area contributed by atoms with Crippen LogP contribution in [-0.2, 0) is 14.6 Å². The van der Waals surface area contributed by atoms with Crippen LogP contribution in [0.1, 0.15) is 47.7 Å². The van der Waals surface area contributed by atoms with E-state index in [2.05, 4.69) is 12.1 Å². The van der Waals surface area contributed by atoms with E-state index in [1.165, 1.54) is 17.1 Å². The smallest absolute Gasteiger partial charge is 0.239 e. The SMILES string of the molecule is C[C@H]1CC(=O)N2[C@H](c3ccc(C#N)cc3)[C@@](C#N)(S(=O)(=O)c3ccccc3)[C@H](c3ccc(C#N)cc3)N12. The molecule has 37 heavy (non-hydrogen) atoms. The quantitative estimate of drug-likeness (QED) is 0.525. The van der Waals surface area contributed by atoms with Crippen molar-refractivity contribution in [3.05, 3.63) is 101 Å². The predicted octanol–water partition coefficient (Wildman–Crippen LogP) is 3.80. The molecule has 3 aromatic carbocycles. The van der Waals surface area contributed by atoms with Crippen LogP contribution in [0.3, 0.4) is 0 Å². The second-order valence-corrected chi connectivity index (χ2v) is 11.3. The number of nitrogens with zero attached hydrogens (tertiary/aromatic N) is 5. The molecule has 0 unspecified atom stereocenters. The van der Waals surface area contributed by atoms with Gasteiger partial charge in [0.25, 0.3) is 0 Å². The Kier molecular flexibility index (Phi) is 5.80. The number of hydrogen-bond donors (Lipinski definition) is 0. The van der Waals surface area contributed by atoms with Crippen LogP contribution in [0.15, 0.2) is 83.8 Å². The predicted molar refractivity (Wildman–Crippen MR) is 133 cm³/mol. The molecule has 2 heterocycles. The molecule has 2 aliphatic heterocycles. The number of fused-ring (bicyclic) bond motifs is 1. The van der Waals surface area contributed by atoms with Gasteiger partial charge in [-0.15, -0.1) is 0 Å². The maximum atomic E-state index is 14.6. The maximum absolute atomic E-state index is 14.6. The van der Waals surface area contributed by atoms with Gasteiger partial charge in [0.1, 0.15) is 6.04 Å². The second kappa shape index (κ2) is 8.87. The molecule has 1 amide bonds. The zero-order chi connectivity index (χ0) is 26.4. The largest absolute Gasteiger partial charge is 0.273 e. The summed E-state index contributed by atoms with van der Waals surface area (Å²) in [6.07, 6.45) is 0.159. The lowest BCUT2D eigenvalue weighted by Gasteiger charge is -2.34. The minimum absolute atomic E-state index is 0.0312. The first kappa shape index (κ1) is 24.2. The van der Waals surface area contributed by atoms with E-state index >= 15 is 0 Å². The first-order chi connectivity index (χ1) is 17.8. The van der Waals surface area contributed by atoms with Crippen molar-refractivity contribution in [1.29, 1.82) is 15.8 Å². The second-order valence-electron chi connectivity index (χ2n) is 9.17. The van der Waals surface area contributed by atoms with Gasteiger partial charge in [0.05, 0.1) is 40.3 Å². The Morgan fingerprint density at radius 3 is 1.81 bits per heavy atom. The van der Waals surface area contributed by atoms with Crippen LogP contribution in [0.2, 0.25) is 0 Å². The highest BCUT2D eigenvalue weighted by Crippen LogP contribution is 2.59. The molecule has 9 heteroatoms. The lowest BCUT2D eigenvalue weighted by Crippen LogP contribution is -2.48. The maximum Gasteiger partial charge on any atom is 0.239 e. The van der Waals surface area contributed by atoms with Crippen LogP contribution >= 0.6 is 0 Å². The Morgan fingerprint density at radius 2 is 1.32 bits per heavy atom. The number of nitriles is 3. The minimum Gasteiger partial charge on any atom is -0.273 e. The Labute approximate surface area is 215 Å². The fourth-order valence-electron chi connectivity index (χ4n) is 5.50. The molecule has 0 spiro atoms. The number of amides is 1. The average molecular weight is 508 g/mol. The lowest BCUT2D eigenvalue weighted by atomic mass is 9.84. The number of hydrazine groups is 1. The van der Waals surface area contributed by atoms with Crippen molar-refractivity contribution in [1.82, 2.24) is 10.0 Å². The van der Waals surface area contributed by atoms with Gasteiger partial charge >= 0.3 is 0 Å². The highest BCUT2D eigenvalue weighted by molar-refractivity contribution is 7.93. The standard InChI is InChI=1S/C28H21N5O3S/c1-19-15-25(34)33-27(23-13-9-21(17-30)10-14-23)28(18-31,37(35,36)24-5-3-2-4-6-24)26(32(19)33)22-11-7-20(16-29)8-12-22/h2-14,19,26-27H,15H2,1H3/t19-,26-,27+,28-/m0/s1. The van der Waals surface area contributed by atoms with Gasteiger partial charge in [-0.25, -0.2) is 13.4 Å². The minimum atomic E-state index is -4.39. The van der Waals surface area contributed by atoms with Gasteiger partial charge < -0.3 is 0 Å². The van der Waals surface area contributed by atoms with Gasteiger partial charge in [-0.2, -0.15) is 15.8 Å². The zero-order valence-corrected chi connectivity index (χ0v) is 20.6. The molecule has 0 N–H and O–H groups in total. The molecule has 0 radical (unpaired) electrons. The van der Waals surface area contributed by atoms with E-state index in [1.807, 2.05) is 13.0 Å². The van der Waals surface area contributed by atoms with E-state index in [0.717, 1.165) is 0 Å². The van der Waals surface area contributed by atoms with E-state index in [1.54, 1.807) is 71.7 Å². The summed E-state index contributed by atoms with van der Waals surface area (Å²) in [5.74, 6) is -0.291. The van der Waals surface area contributed by atoms with Crippen LogP contribution in [0.25, 0.3) is 0 Å². The summed E-state index contributed by atoms with van der Waals surface area (Å²) < 4.78 is 27.0. The van der Waals surface area contributed by atoms with Crippen molar-refractivity contribution < 1.29 is 13.2 Å². The lowest BCUT2D eigenvalue weighted by molar-refractivity contribution is -0.139. The van der Waals surface area contributed by atoms with Gasteiger partial charge in [-0.05, 0) is 54.4 Å². The van der Waals surface area contributed by atoms with Crippen LogP contribution in [0, 0.1) is 34.0 Å². The molecule has 0 aromatic heterocycles. The van der Waals surface area contributed by atoms with Crippen molar-refractivity contribution in [2.75, 3.05) is 0 Å². The molecule has 3 aromatic rings. The third-order valence-electron chi connectivity index (χ3n) is 7.13. The average Bonchev–Trinajstić information content (AvgIpc) is 3.41. The monoisotopic (exact) mass is 507 g/mol. The van der Waals surface area contributed by atoms with Crippen LogP contribution < -0.4 is 0 Å². The fourth-order valence-corrected chi connectivity index (χ4v) is 7.60. The van der Waals surface area contributed by atoms with E-state index < -0.39 is 26.7 Å². The van der Waals surface area contributed by atoms with Gasteiger partial charge in [-0.1, -0.05) is 42.5 Å². The molecule has 4 atom stereocenters. The summed E-state index contributed by atoms with van der Waals surface area (Å²) in [5.41, 5.74) is 1.70. The van der Waals surface area contributed by atoms with Crippen LogP contribution in [0.5, 0.6) is 0 Å². The molecule has 8 nitrogen and oxygen atoms in total. The summed E-state index contributed by atoms with van der Waals surface area (Å²) in [6.45, 7) is 1.83. The van der Waals surface area contributed by atoms with Crippen molar-refractivity contribution in [2.45, 2.75) is 41.1 Å². The van der Waals surface area contributed by atoms with Gasteiger partial charge in [0, 0.05) is 12.5 Å². The topological polar surface area (TPSA) is 129 Å². The number of carbonyl (C=O) groups is 1. The molecule has 5 rings (SSSR count).